The van der Waals surface area contributed by atoms with Crippen LogP contribution in [0.4, 0.5) is 5.95 Å². The van der Waals surface area contributed by atoms with Gasteiger partial charge in [0.05, 0.1) is 4.47 Å². The Morgan fingerprint density at radius 2 is 1.88 bits per heavy atom. The first kappa shape index (κ1) is 13.0. The Morgan fingerprint density at radius 1 is 1.29 bits per heavy atom. The summed E-state index contributed by atoms with van der Waals surface area (Å²) in [6.07, 6.45) is 2.48. The van der Waals surface area contributed by atoms with Crippen LogP contribution in [-0.4, -0.2) is 23.1 Å². The summed E-state index contributed by atoms with van der Waals surface area (Å²) < 4.78 is 1.57. The van der Waals surface area contributed by atoms with Gasteiger partial charge in [0, 0.05) is 24.2 Å². The highest BCUT2D eigenvalue weighted by Crippen LogP contribution is 2.30. The van der Waals surface area contributed by atoms with Crippen molar-refractivity contribution in [2.75, 3.05) is 18.0 Å². The Labute approximate surface area is 116 Å². The predicted molar refractivity (Wildman–Crippen MR) is 77.3 cm³/mol. The van der Waals surface area contributed by atoms with E-state index in [9.17, 15) is 0 Å². The average molecular weight is 316 g/mol. The number of aromatic amines is 1. The smallest absolute Gasteiger partial charge is 0.204 e. The van der Waals surface area contributed by atoms with E-state index in [4.69, 9.17) is 12.2 Å². The fourth-order valence-corrected chi connectivity index (χ4v) is 3.01. The second kappa shape index (κ2) is 4.69. The van der Waals surface area contributed by atoms with Crippen molar-refractivity contribution in [1.29, 1.82) is 0 Å². The summed E-state index contributed by atoms with van der Waals surface area (Å²) in [4.78, 5) is 10.2. The van der Waals surface area contributed by atoms with Gasteiger partial charge in [-0.25, -0.2) is 4.98 Å². The van der Waals surface area contributed by atoms with Crippen LogP contribution in [0.1, 0.15) is 39.3 Å². The molecule has 1 aromatic rings. The van der Waals surface area contributed by atoms with Crippen molar-refractivity contribution < 1.29 is 0 Å². The van der Waals surface area contributed by atoms with Gasteiger partial charge in [-0.1, -0.05) is 33.0 Å². The van der Waals surface area contributed by atoms with Gasteiger partial charge in [0.2, 0.25) is 5.95 Å². The molecule has 1 fully saturated rings. The van der Waals surface area contributed by atoms with Crippen molar-refractivity contribution in [2.24, 2.45) is 0 Å². The van der Waals surface area contributed by atoms with Gasteiger partial charge in [0.1, 0.15) is 4.64 Å². The molecule has 0 radical (unpaired) electrons. The van der Waals surface area contributed by atoms with Gasteiger partial charge in [-0.05, 0) is 28.8 Å². The van der Waals surface area contributed by atoms with Crippen molar-refractivity contribution in [2.45, 2.75) is 39.0 Å². The second-order valence-corrected chi connectivity index (χ2v) is 6.68. The fourth-order valence-electron chi connectivity index (χ4n) is 2.04. The van der Waals surface area contributed by atoms with Crippen molar-refractivity contribution in [3.63, 3.8) is 0 Å². The number of aromatic nitrogens is 2. The van der Waals surface area contributed by atoms with E-state index in [0.717, 1.165) is 29.2 Å². The number of halogens is 1. The van der Waals surface area contributed by atoms with Crippen molar-refractivity contribution in [3.8, 4) is 0 Å². The number of hydrogen-bond donors (Lipinski definition) is 1. The molecule has 0 amide bonds. The lowest BCUT2D eigenvalue weighted by atomic mass is 9.92. The van der Waals surface area contributed by atoms with Gasteiger partial charge in [-0.3, -0.25) is 0 Å². The molecule has 0 spiro atoms. The number of nitrogens with one attached hydrogen (secondary N) is 1. The fraction of sp³-hybridized carbons (Fsp3) is 0.667. The molecule has 1 N–H and O–H groups in total. The Hall–Kier alpha value is -0.420. The predicted octanol–water partition coefficient (Wildman–Crippen LogP) is 3.80. The summed E-state index contributed by atoms with van der Waals surface area (Å²) in [5.41, 5.74) is 1.16. The Kier molecular flexibility index (Phi) is 3.59. The number of rotatable bonds is 1. The van der Waals surface area contributed by atoms with E-state index < -0.39 is 0 Å². The molecule has 0 atom stereocenters. The first-order chi connectivity index (χ1) is 7.89. The molecule has 3 nitrogen and oxygen atoms in total. The number of anilines is 1. The molecule has 1 aliphatic heterocycles. The van der Waals surface area contributed by atoms with Crippen LogP contribution in [0.3, 0.4) is 0 Å². The average Bonchev–Trinajstić information content (AvgIpc) is 2.73. The van der Waals surface area contributed by atoms with Crippen molar-refractivity contribution in [1.82, 2.24) is 9.97 Å². The Morgan fingerprint density at radius 3 is 2.41 bits per heavy atom. The molecule has 2 rings (SSSR count). The lowest BCUT2D eigenvalue weighted by Gasteiger charge is -2.24. The molecule has 1 aromatic heterocycles. The Balaban J connectivity index is 2.49. The highest BCUT2D eigenvalue weighted by molar-refractivity contribution is 9.10. The first-order valence-electron chi connectivity index (χ1n) is 5.95. The van der Waals surface area contributed by atoms with E-state index in [0.29, 0.717) is 4.64 Å². The van der Waals surface area contributed by atoms with Crippen molar-refractivity contribution in [3.05, 3.63) is 14.8 Å². The monoisotopic (exact) mass is 315 g/mol. The molecule has 17 heavy (non-hydrogen) atoms. The maximum absolute atomic E-state index is 5.33. The van der Waals surface area contributed by atoms with Gasteiger partial charge >= 0.3 is 0 Å². The zero-order chi connectivity index (χ0) is 12.6. The molecule has 0 aliphatic carbocycles. The number of H-pyrrole nitrogens is 1. The van der Waals surface area contributed by atoms with Crippen LogP contribution in [0.5, 0.6) is 0 Å². The maximum atomic E-state index is 5.33. The zero-order valence-electron chi connectivity index (χ0n) is 10.5. The molecular formula is C12H18BrN3S. The van der Waals surface area contributed by atoms with Gasteiger partial charge in [0.15, 0.2) is 0 Å². The lowest BCUT2D eigenvalue weighted by Crippen LogP contribution is -2.24. The van der Waals surface area contributed by atoms with Gasteiger partial charge in [-0.15, -0.1) is 0 Å². The largest absolute Gasteiger partial charge is 0.342 e. The van der Waals surface area contributed by atoms with Crippen LogP contribution < -0.4 is 4.90 Å². The zero-order valence-corrected chi connectivity index (χ0v) is 12.9. The molecule has 0 aromatic carbocycles. The third-order valence-corrected chi connectivity index (χ3v) is 4.34. The van der Waals surface area contributed by atoms with Crippen LogP contribution >= 0.6 is 28.1 Å². The number of nitrogens with zero attached hydrogens (tertiary/aromatic N) is 2. The SMILES string of the molecule is CC(C)(C)c1[nH]c(N2CCCC2)nc(=S)c1Br. The minimum Gasteiger partial charge on any atom is -0.342 e. The maximum Gasteiger partial charge on any atom is 0.204 e. The van der Waals surface area contributed by atoms with Crippen molar-refractivity contribution >= 4 is 34.1 Å². The summed E-state index contributed by atoms with van der Waals surface area (Å²) in [6, 6.07) is 0. The van der Waals surface area contributed by atoms with Gasteiger partial charge in [0.25, 0.3) is 0 Å². The van der Waals surface area contributed by atoms with E-state index >= 15 is 0 Å². The van der Waals surface area contributed by atoms with Crippen LogP contribution in [0, 0.1) is 4.64 Å². The lowest BCUT2D eigenvalue weighted by molar-refractivity contribution is 0.561. The summed E-state index contributed by atoms with van der Waals surface area (Å²) in [5.74, 6) is 0.917. The quantitative estimate of drug-likeness (QED) is 0.800. The third-order valence-electron chi connectivity index (χ3n) is 3.01. The number of hydrogen-bond acceptors (Lipinski definition) is 3. The van der Waals surface area contributed by atoms with E-state index in [-0.39, 0.29) is 5.41 Å². The minimum absolute atomic E-state index is 0.0316. The highest BCUT2D eigenvalue weighted by Gasteiger charge is 2.22. The molecule has 0 unspecified atom stereocenters. The molecule has 1 saturated heterocycles. The second-order valence-electron chi connectivity index (χ2n) is 5.50. The third kappa shape index (κ3) is 2.71. The molecule has 94 valence electrons. The Bertz CT molecular complexity index is 470. The summed E-state index contributed by atoms with van der Waals surface area (Å²) in [7, 11) is 0. The molecule has 5 heteroatoms. The van der Waals surface area contributed by atoms with Crippen LogP contribution in [0.2, 0.25) is 0 Å². The van der Waals surface area contributed by atoms with Gasteiger partial charge in [-0.2, -0.15) is 0 Å². The molecule has 0 bridgehead atoms. The molecular weight excluding hydrogens is 298 g/mol. The summed E-state index contributed by atoms with van der Waals surface area (Å²) >= 11 is 8.87. The highest BCUT2D eigenvalue weighted by atomic mass is 79.9. The van der Waals surface area contributed by atoms with Gasteiger partial charge < -0.3 is 9.88 Å². The summed E-state index contributed by atoms with van der Waals surface area (Å²) in [6.45, 7) is 8.66. The van der Waals surface area contributed by atoms with E-state index in [2.05, 4.69) is 51.6 Å². The normalized spacial score (nSPS) is 16.6. The van der Waals surface area contributed by atoms with E-state index in [1.807, 2.05) is 0 Å². The molecule has 2 heterocycles. The topological polar surface area (TPSA) is 31.9 Å². The standard InChI is InChI=1S/C12H18BrN3S/c1-12(2,3)9-8(13)10(17)15-11(14-9)16-6-4-5-7-16/h4-7H2,1-3H3,(H,14,15,17). The van der Waals surface area contributed by atoms with Crippen LogP contribution in [0.25, 0.3) is 0 Å². The van der Waals surface area contributed by atoms with Crippen LogP contribution in [0.15, 0.2) is 4.47 Å². The van der Waals surface area contributed by atoms with E-state index in [1.54, 1.807) is 0 Å². The minimum atomic E-state index is 0.0316. The van der Waals surface area contributed by atoms with E-state index in [1.165, 1.54) is 12.8 Å². The molecule has 1 aliphatic rings. The summed E-state index contributed by atoms with van der Waals surface area (Å²) in [5, 5.41) is 0. The molecule has 0 saturated carbocycles. The first-order valence-corrected chi connectivity index (χ1v) is 7.15. The van der Waals surface area contributed by atoms with Crippen LogP contribution in [-0.2, 0) is 5.41 Å².